The quantitative estimate of drug-likeness (QED) is 0.624. The highest BCUT2D eigenvalue weighted by Gasteiger charge is 2.30. The van der Waals surface area contributed by atoms with E-state index >= 15 is 0 Å². The first-order chi connectivity index (χ1) is 9.54. The summed E-state index contributed by atoms with van der Waals surface area (Å²) in [4.78, 5) is 22.9. The molecule has 1 unspecified atom stereocenters. The van der Waals surface area contributed by atoms with E-state index in [-0.39, 0.29) is 12.6 Å². The van der Waals surface area contributed by atoms with Crippen LogP contribution in [0.4, 0.5) is 0 Å². The normalized spacial score (nSPS) is 18.4. The molecular weight excluding hydrogens is 256 g/mol. The molecule has 0 radical (unpaired) electrons. The molecule has 4 nitrogen and oxygen atoms in total. The molecule has 20 heavy (non-hydrogen) atoms. The van der Waals surface area contributed by atoms with Crippen molar-refractivity contribution in [1.82, 2.24) is 0 Å². The van der Waals surface area contributed by atoms with E-state index in [2.05, 4.69) is 6.58 Å². The number of esters is 2. The summed E-state index contributed by atoms with van der Waals surface area (Å²) in [6, 6.07) is 7.76. The number of cyclic esters (lactones) is 1. The van der Waals surface area contributed by atoms with E-state index in [4.69, 9.17) is 9.47 Å². The van der Waals surface area contributed by atoms with Gasteiger partial charge in [0.2, 0.25) is 0 Å². The number of rotatable bonds is 4. The summed E-state index contributed by atoms with van der Waals surface area (Å²) < 4.78 is 9.83. The van der Waals surface area contributed by atoms with Gasteiger partial charge in [-0.15, -0.1) is 0 Å². The fourth-order valence-corrected chi connectivity index (χ4v) is 1.92. The van der Waals surface area contributed by atoms with Crippen molar-refractivity contribution in [2.24, 2.45) is 5.92 Å². The molecule has 0 bridgehead atoms. The maximum absolute atomic E-state index is 11.6. The van der Waals surface area contributed by atoms with Crippen LogP contribution in [-0.4, -0.2) is 18.5 Å². The number of benzene rings is 1. The largest absolute Gasteiger partial charge is 0.462 e. The fourth-order valence-electron chi connectivity index (χ4n) is 1.92. The standard InChI is InChI=1S/C16H16O4/c1-11-4-3-5-13(8-11)6-7-15(17)19-10-14-9-12(2)20-16(14)18/h3-8,14H,2,9-10H2,1H3/b7-6+. The van der Waals surface area contributed by atoms with Crippen molar-refractivity contribution in [2.75, 3.05) is 6.61 Å². The van der Waals surface area contributed by atoms with Gasteiger partial charge in [0.1, 0.15) is 12.4 Å². The zero-order valence-corrected chi connectivity index (χ0v) is 11.3. The number of aryl methyl sites for hydroxylation is 1. The molecule has 1 aromatic carbocycles. The molecule has 1 atom stereocenters. The molecule has 4 heteroatoms. The average molecular weight is 272 g/mol. The van der Waals surface area contributed by atoms with Crippen molar-refractivity contribution < 1.29 is 19.1 Å². The molecule has 0 spiro atoms. The lowest BCUT2D eigenvalue weighted by atomic mass is 10.1. The molecule has 0 saturated carbocycles. The van der Waals surface area contributed by atoms with Crippen molar-refractivity contribution in [3.8, 4) is 0 Å². The highest BCUT2D eigenvalue weighted by Crippen LogP contribution is 2.22. The number of ether oxygens (including phenoxy) is 2. The third-order valence-corrected chi connectivity index (χ3v) is 2.93. The Morgan fingerprint density at radius 2 is 2.35 bits per heavy atom. The van der Waals surface area contributed by atoms with E-state index in [9.17, 15) is 9.59 Å². The summed E-state index contributed by atoms with van der Waals surface area (Å²) in [5, 5.41) is 0. The van der Waals surface area contributed by atoms with Crippen LogP contribution in [0.5, 0.6) is 0 Å². The highest BCUT2D eigenvalue weighted by atomic mass is 16.6. The maximum Gasteiger partial charge on any atom is 0.330 e. The summed E-state index contributed by atoms with van der Waals surface area (Å²) in [6.07, 6.45) is 3.44. The second kappa shape index (κ2) is 6.19. The number of allylic oxidation sites excluding steroid dienone is 1. The lowest BCUT2D eigenvalue weighted by Gasteiger charge is -2.04. The molecule has 1 heterocycles. The Kier molecular flexibility index (Phi) is 4.35. The lowest BCUT2D eigenvalue weighted by Crippen LogP contribution is -2.16. The van der Waals surface area contributed by atoms with E-state index in [0.717, 1.165) is 11.1 Å². The minimum Gasteiger partial charge on any atom is -0.462 e. The monoisotopic (exact) mass is 272 g/mol. The molecule has 1 saturated heterocycles. The van der Waals surface area contributed by atoms with Gasteiger partial charge in [0, 0.05) is 12.5 Å². The molecule has 0 amide bonds. The Bertz CT molecular complexity index is 572. The molecule has 1 aliphatic rings. The van der Waals surface area contributed by atoms with Gasteiger partial charge in [-0.3, -0.25) is 4.79 Å². The third-order valence-electron chi connectivity index (χ3n) is 2.93. The van der Waals surface area contributed by atoms with Crippen molar-refractivity contribution in [2.45, 2.75) is 13.3 Å². The van der Waals surface area contributed by atoms with Crippen LogP contribution in [0.1, 0.15) is 17.5 Å². The zero-order valence-electron chi connectivity index (χ0n) is 11.3. The summed E-state index contributed by atoms with van der Waals surface area (Å²) >= 11 is 0. The average Bonchev–Trinajstić information content (AvgIpc) is 2.72. The van der Waals surface area contributed by atoms with Gasteiger partial charge in [-0.2, -0.15) is 0 Å². The van der Waals surface area contributed by atoms with Crippen LogP contribution in [0, 0.1) is 12.8 Å². The first kappa shape index (κ1) is 14.1. The Morgan fingerprint density at radius 1 is 1.55 bits per heavy atom. The second-order valence-corrected chi connectivity index (χ2v) is 4.74. The minimum absolute atomic E-state index is 0.0227. The summed E-state index contributed by atoms with van der Waals surface area (Å²) in [6.45, 7) is 5.57. The first-order valence-corrected chi connectivity index (χ1v) is 6.35. The van der Waals surface area contributed by atoms with E-state index in [1.54, 1.807) is 6.08 Å². The molecule has 0 aromatic heterocycles. The lowest BCUT2D eigenvalue weighted by molar-refractivity contribution is -0.145. The molecule has 2 rings (SSSR count). The minimum atomic E-state index is -0.475. The van der Waals surface area contributed by atoms with Gasteiger partial charge in [0.15, 0.2) is 0 Å². The van der Waals surface area contributed by atoms with Crippen LogP contribution >= 0.6 is 0 Å². The fraction of sp³-hybridized carbons (Fsp3) is 0.250. The van der Waals surface area contributed by atoms with Gasteiger partial charge >= 0.3 is 11.9 Å². The SMILES string of the molecule is C=C1CC(COC(=O)/C=C/c2cccc(C)c2)C(=O)O1. The van der Waals surface area contributed by atoms with Crippen molar-refractivity contribution >= 4 is 18.0 Å². The molecule has 1 fully saturated rings. The number of hydrogen-bond donors (Lipinski definition) is 0. The Balaban J connectivity index is 1.84. The molecule has 1 aliphatic heterocycles. The van der Waals surface area contributed by atoms with Crippen LogP contribution in [0.15, 0.2) is 42.7 Å². The van der Waals surface area contributed by atoms with Crippen molar-refractivity contribution in [3.05, 3.63) is 53.8 Å². The van der Waals surface area contributed by atoms with Crippen LogP contribution in [0.25, 0.3) is 6.08 Å². The van der Waals surface area contributed by atoms with Crippen LogP contribution in [0.2, 0.25) is 0 Å². The van der Waals surface area contributed by atoms with Gasteiger partial charge in [-0.05, 0) is 18.6 Å². The van der Waals surface area contributed by atoms with E-state index in [0.29, 0.717) is 12.2 Å². The summed E-state index contributed by atoms with van der Waals surface area (Å²) in [7, 11) is 0. The van der Waals surface area contributed by atoms with Crippen LogP contribution in [0.3, 0.4) is 0 Å². The zero-order chi connectivity index (χ0) is 14.5. The van der Waals surface area contributed by atoms with Crippen molar-refractivity contribution in [3.63, 3.8) is 0 Å². The molecule has 0 aliphatic carbocycles. The first-order valence-electron chi connectivity index (χ1n) is 6.35. The molecule has 104 valence electrons. The smallest absolute Gasteiger partial charge is 0.330 e. The van der Waals surface area contributed by atoms with E-state index in [1.165, 1.54) is 6.08 Å². The predicted molar refractivity (Wildman–Crippen MR) is 74.5 cm³/mol. The summed E-state index contributed by atoms with van der Waals surface area (Å²) in [5.74, 6) is -0.868. The number of carbonyl (C=O) groups excluding carboxylic acids is 2. The van der Waals surface area contributed by atoms with Crippen molar-refractivity contribution in [1.29, 1.82) is 0 Å². The topological polar surface area (TPSA) is 52.6 Å². The number of carbonyl (C=O) groups is 2. The van der Waals surface area contributed by atoms with Gasteiger partial charge in [-0.1, -0.05) is 36.4 Å². The van der Waals surface area contributed by atoms with Crippen LogP contribution < -0.4 is 0 Å². The molecule has 0 N–H and O–H groups in total. The maximum atomic E-state index is 11.6. The molecule has 1 aromatic rings. The molecular formula is C16H16O4. The van der Waals surface area contributed by atoms with Crippen LogP contribution in [-0.2, 0) is 19.1 Å². The second-order valence-electron chi connectivity index (χ2n) is 4.74. The van der Waals surface area contributed by atoms with E-state index in [1.807, 2.05) is 31.2 Å². The Hall–Kier alpha value is -2.36. The highest BCUT2D eigenvalue weighted by molar-refractivity contribution is 5.87. The Labute approximate surface area is 117 Å². The predicted octanol–water partition coefficient (Wildman–Crippen LogP) is 2.63. The number of hydrogen-bond acceptors (Lipinski definition) is 4. The van der Waals surface area contributed by atoms with Gasteiger partial charge in [0.25, 0.3) is 0 Å². The van der Waals surface area contributed by atoms with Gasteiger partial charge in [-0.25, -0.2) is 4.79 Å². The Morgan fingerprint density at radius 3 is 3.00 bits per heavy atom. The van der Waals surface area contributed by atoms with Gasteiger partial charge < -0.3 is 9.47 Å². The van der Waals surface area contributed by atoms with Gasteiger partial charge in [0.05, 0.1) is 5.92 Å². The van der Waals surface area contributed by atoms with E-state index < -0.39 is 11.9 Å². The third kappa shape index (κ3) is 3.82. The summed E-state index contributed by atoms with van der Waals surface area (Å²) in [5.41, 5.74) is 2.04.